The van der Waals surface area contributed by atoms with Crippen LogP contribution >= 0.6 is 8.03 Å². The van der Waals surface area contributed by atoms with Crippen molar-refractivity contribution in [3.63, 3.8) is 0 Å². The van der Waals surface area contributed by atoms with E-state index in [-0.39, 0.29) is 35.0 Å². The fraction of sp³-hybridized carbons (Fsp3) is 0.125. The van der Waals surface area contributed by atoms with E-state index in [1.807, 2.05) is 18.2 Å². The summed E-state index contributed by atoms with van der Waals surface area (Å²) in [6.07, 6.45) is 0. The van der Waals surface area contributed by atoms with Crippen LogP contribution in [-0.4, -0.2) is 39.9 Å². The van der Waals surface area contributed by atoms with Gasteiger partial charge in [0, 0.05) is 0 Å². The molecule has 0 fully saturated rings. The molecule has 0 bridgehead atoms. The number of hydrogen-bond acceptors (Lipinski definition) is 2. The fourth-order valence-electron chi connectivity index (χ4n) is 0.744. The van der Waals surface area contributed by atoms with E-state index in [4.69, 9.17) is 4.89 Å². The van der Waals surface area contributed by atoms with Crippen molar-refractivity contribution in [2.24, 2.45) is 4.99 Å². The van der Waals surface area contributed by atoms with Gasteiger partial charge in [-0.1, -0.05) is 18.2 Å². The van der Waals surface area contributed by atoms with Crippen molar-refractivity contribution in [3.8, 4) is 0 Å². The Bertz CT molecular complexity index is 313. The zero-order chi connectivity index (χ0) is 8.97. The molecular weight excluding hydrogens is 196 g/mol. The van der Waals surface area contributed by atoms with Crippen LogP contribution in [0.3, 0.4) is 0 Å². The summed E-state index contributed by atoms with van der Waals surface area (Å²) in [6, 6.07) is 9.11. The topological polar surface area (TPSA) is 49.7 Å². The first-order valence-electron chi connectivity index (χ1n) is 3.54. The van der Waals surface area contributed by atoms with Crippen molar-refractivity contribution >= 4 is 48.7 Å². The number of para-hydroxylation sites is 1. The van der Waals surface area contributed by atoms with Gasteiger partial charge in [0.15, 0.2) is 0 Å². The van der Waals surface area contributed by atoms with Gasteiger partial charge >= 0.3 is 29.6 Å². The van der Waals surface area contributed by atoms with Gasteiger partial charge in [-0.05, 0) is 19.1 Å². The van der Waals surface area contributed by atoms with Crippen LogP contribution in [0.2, 0.25) is 0 Å². The van der Waals surface area contributed by atoms with Crippen molar-refractivity contribution < 1.29 is 9.46 Å². The Morgan fingerprint density at radius 3 is 2.38 bits per heavy atom. The number of aliphatic imine (C=N–C) groups is 1. The molecule has 1 N–H and O–H groups in total. The molecule has 0 aliphatic carbocycles. The van der Waals surface area contributed by atoms with Gasteiger partial charge in [0.1, 0.15) is 0 Å². The van der Waals surface area contributed by atoms with Crippen LogP contribution in [0.5, 0.6) is 0 Å². The van der Waals surface area contributed by atoms with E-state index < -0.39 is 8.03 Å². The molecule has 1 aromatic rings. The van der Waals surface area contributed by atoms with Crippen molar-refractivity contribution in [3.05, 3.63) is 30.3 Å². The molecule has 0 amide bonds. The number of benzene rings is 1. The summed E-state index contributed by atoms with van der Waals surface area (Å²) in [5, 5.41) is 0. The first kappa shape index (κ1) is 13.1. The van der Waals surface area contributed by atoms with Crippen LogP contribution in [0.1, 0.15) is 6.92 Å². The third-order valence-corrected chi connectivity index (χ3v) is 2.09. The van der Waals surface area contributed by atoms with E-state index in [1.165, 1.54) is 0 Å². The van der Waals surface area contributed by atoms with Gasteiger partial charge in [0.25, 0.3) is 0 Å². The van der Waals surface area contributed by atoms with E-state index in [9.17, 15) is 4.57 Å². The van der Waals surface area contributed by atoms with Crippen LogP contribution in [0.4, 0.5) is 5.69 Å². The summed E-state index contributed by atoms with van der Waals surface area (Å²) in [6.45, 7) is 1.55. The maximum atomic E-state index is 10.6. The SMILES string of the molecule is CC(=Nc1ccccc1)[PH](=O)O.[NaH]. The summed E-state index contributed by atoms with van der Waals surface area (Å²) in [5.74, 6) is 0. The quantitative estimate of drug-likeness (QED) is 0.454. The Hall–Kier alpha value is 0.0800. The Labute approximate surface area is 100 Å². The molecule has 3 nitrogen and oxygen atoms in total. The Morgan fingerprint density at radius 2 is 1.92 bits per heavy atom. The van der Waals surface area contributed by atoms with E-state index in [2.05, 4.69) is 4.99 Å². The average Bonchev–Trinajstić information content (AvgIpc) is 2.06. The molecule has 1 unspecified atom stereocenters. The molecule has 5 heteroatoms. The molecular formula is C8H11NNaO2P. The molecule has 0 radical (unpaired) electrons. The molecule has 0 aliphatic heterocycles. The minimum absolute atomic E-state index is 0. The van der Waals surface area contributed by atoms with Crippen LogP contribution in [0.25, 0.3) is 0 Å². The number of nitrogens with zero attached hydrogens (tertiary/aromatic N) is 1. The van der Waals surface area contributed by atoms with Crippen molar-refractivity contribution in [1.82, 2.24) is 0 Å². The van der Waals surface area contributed by atoms with Gasteiger partial charge in [0.05, 0.1) is 11.1 Å². The summed E-state index contributed by atoms with van der Waals surface area (Å²) in [4.78, 5) is 12.7. The summed E-state index contributed by atoms with van der Waals surface area (Å²) in [7, 11) is -2.61. The van der Waals surface area contributed by atoms with Gasteiger partial charge in [-0.3, -0.25) is 4.57 Å². The van der Waals surface area contributed by atoms with Crippen LogP contribution in [0.15, 0.2) is 35.3 Å². The molecule has 0 heterocycles. The zero-order valence-corrected chi connectivity index (χ0v) is 7.69. The predicted molar refractivity (Wildman–Crippen MR) is 57.6 cm³/mol. The second-order valence-corrected chi connectivity index (χ2v) is 3.67. The third-order valence-electron chi connectivity index (χ3n) is 1.36. The van der Waals surface area contributed by atoms with Crippen LogP contribution in [0, 0.1) is 0 Å². The number of hydrogen-bond donors (Lipinski definition) is 1. The fourth-order valence-corrected chi connectivity index (χ4v) is 0.969. The van der Waals surface area contributed by atoms with Crippen LogP contribution in [-0.2, 0) is 4.57 Å². The predicted octanol–water partition coefficient (Wildman–Crippen LogP) is 1.56. The molecule has 0 aliphatic rings. The first-order chi connectivity index (χ1) is 5.70. The molecule has 1 aromatic carbocycles. The second-order valence-electron chi connectivity index (χ2n) is 2.34. The Balaban J connectivity index is 0.00000144. The standard InChI is InChI=1S/C8H10NO2P.Na.H/c1-7(12(10)11)9-8-5-3-2-4-6-8;;/h2-6,12H,1H3,(H,10,11);;. The molecule has 0 saturated carbocycles. The molecule has 0 aromatic heterocycles. The van der Waals surface area contributed by atoms with Crippen molar-refractivity contribution in [2.75, 3.05) is 0 Å². The van der Waals surface area contributed by atoms with Gasteiger partial charge in [-0.15, -0.1) is 0 Å². The zero-order valence-electron chi connectivity index (χ0n) is 6.69. The van der Waals surface area contributed by atoms with E-state index in [0.29, 0.717) is 5.69 Å². The number of rotatable bonds is 2. The van der Waals surface area contributed by atoms with Crippen LogP contribution < -0.4 is 0 Å². The molecule has 13 heavy (non-hydrogen) atoms. The average molecular weight is 207 g/mol. The minimum atomic E-state index is -2.61. The van der Waals surface area contributed by atoms with Gasteiger partial charge in [-0.2, -0.15) is 0 Å². The van der Waals surface area contributed by atoms with Gasteiger partial charge in [0.2, 0.25) is 8.03 Å². The molecule has 0 saturated heterocycles. The molecule has 66 valence electrons. The molecule has 0 spiro atoms. The maximum absolute atomic E-state index is 10.6. The second kappa shape index (κ2) is 6.52. The van der Waals surface area contributed by atoms with Crippen molar-refractivity contribution in [2.45, 2.75) is 6.92 Å². The van der Waals surface area contributed by atoms with Gasteiger partial charge < -0.3 is 4.89 Å². The van der Waals surface area contributed by atoms with E-state index >= 15 is 0 Å². The third kappa shape index (κ3) is 4.75. The Morgan fingerprint density at radius 1 is 1.38 bits per heavy atom. The molecule has 1 rings (SSSR count). The summed E-state index contributed by atoms with van der Waals surface area (Å²) >= 11 is 0. The summed E-state index contributed by atoms with van der Waals surface area (Å²) < 4.78 is 10.6. The Kier molecular flexibility index (Phi) is 6.56. The van der Waals surface area contributed by atoms with Gasteiger partial charge in [-0.25, -0.2) is 4.99 Å². The van der Waals surface area contributed by atoms with Crippen molar-refractivity contribution in [1.29, 1.82) is 0 Å². The van der Waals surface area contributed by atoms with E-state index in [0.717, 1.165) is 0 Å². The normalized spacial score (nSPS) is 13.2. The first-order valence-corrected chi connectivity index (χ1v) is 4.89. The van der Waals surface area contributed by atoms with E-state index in [1.54, 1.807) is 19.1 Å². The monoisotopic (exact) mass is 207 g/mol. The summed E-state index contributed by atoms with van der Waals surface area (Å²) in [5.41, 5.74) is 0.994. The molecule has 1 atom stereocenters.